The molecule has 3 heteroatoms. The highest BCUT2D eigenvalue weighted by atomic mass is 16.7. The van der Waals surface area contributed by atoms with E-state index in [0.717, 1.165) is 23.7 Å². The molecule has 1 aliphatic heterocycles. The molecule has 0 aromatic heterocycles. The van der Waals surface area contributed by atoms with Crippen LogP contribution < -0.4 is 14.8 Å². The second-order valence-corrected chi connectivity index (χ2v) is 5.61. The van der Waals surface area contributed by atoms with E-state index in [4.69, 9.17) is 9.47 Å². The third-order valence-electron chi connectivity index (χ3n) is 3.26. The Bertz CT molecular complexity index is 415. The maximum Gasteiger partial charge on any atom is 0.246 e. The lowest BCUT2D eigenvalue weighted by Gasteiger charge is -2.16. The molecule has 19 heavy (non-hydrogen) atoms. The number of hydrogen-bond donors (Lipinski definition) is 1. The largest absolute Gasteiger partial charge is 0.449 e. The fraction of sp³-hybridized carbons (Fsp3) is 0.625. The Hall–Kier alpha value is -1.38. The minimum absolute atomic E-state index is 0.541. The third kappa shape index (κ3) is 4.05. The van der Waals surface area contributed by atoms with Crippen LogP contribution in [0, 0.1) is 0 Å². The van der Waals surface area contributed by atoms with Crippen LogP contribution in [0.25, 0.3) is 0 Å². The summed E-state index contributed by atoms with van der Waals surface area (Å²) >= 11 is 0. The standard InChI is InChI=1S/C16H25NO2/c1-4-5-6-7-8-11-17-13-9-10-14-15(12-13)19-16(2,3)18-14/h9-10,12,17H,4-8,11H2,1-3H3. The van der Waals surface area contributed by atoms with Crippen LogP contribution in [-0.4, -0.2) is 12.3 Å². The summed E-state index contributed by atoms with van der Waals surface area (Å²) in [6.45, 7) is 7.11. The Morgan fingerprint density at radius 1 is 1.00 bits per heavy atom. The number of hydrogen-bond acceptors (Lipinski definition) is 3. The van der Waals surface area contributed by atoms with E-state index in [2.05, 4.69) is 18.3 Å². The lowest BCUT2D eigenvalue weighted by Crippen LogP contribution is -2.29. The van der Waals surface area contributed by atoms with Crippen LogP contribution >= 0.6 is 0 Å². The van der Waals surface area contributed by atoms with E-state index < -0.39 is 5.79 Å². The van der Waals surface area contributed by atoms with Crippen molar-refractivity contribution in [2.45, 2.75) is 58.7 Å². The number of benzene rings is 1. The number of fused-ring (bicyclic) bond motifs is 1. The predicted molar refractivity (Wildman–Crippen MR) is 79.0 cm³/mol. The Labute approximate surface area is 116 Å². The van der Waals surface area contributed by atoms with E-state index in [-0.39, 0.29) is 0 Å². The van der Waals surface area contributed by atoms with E-state index >= 15 is 0 Å². The summed E-state index contributed by atoms with van der Waals surface area (Å²) in [6, 6.07) is 6.05. The van der Waals surface area contributed by atoms with Crippen molar-refractivity contribution in [3.63, 3.8) is 0 Å². The highest BCUT2D eigenvalue weighted by molar-refractivity contribution is 5.56. The monoisotopic (exact) mass is 263 g/mol. The number of nitrogens with one attached hydrogen (secondary N) is 1. The molecule has 1 aliphatic rings. The van der Waals surface area contributed by atoms with Crippen molar-refractivity contribution in [1.82, 2.24) is 0 Å². The molecule has 1 N–H and O–H groups in total. The van der Waals surface area contributed by atoms with E-state index in [1.165, 1.54) is 32.1 Å². The highest BCUT2D eigenvalue weighted by Gasteiger charge is 2.31. The average Bonchev–Trinajstić information content (AvgIpc) is 2.66. The van der Waals surface area contributed by atoms with E-state index in [1.807, 2.05) is 26.0 Å². The molecular weight excluding hydrogens is 238 g/mol. The minimum atomic E-state index is -0.541. The lowest BCUT2D eigenvalue weighted by atomic mass is 10.1. The lowest BCUT2D eigenvalue weighted by molar-refractivity contribution is -0.0431. The molecule has 0 saturated heterocycles. The van der Waals surface area contributed by atoms with Crippen molar-refractivity contribution in [2.75, 3.05) is 11.9 Å². The molecule has 0 amide bonds. The van der Waals surface area contributed by atoms with Gasteiger partial charge < -0.3 is 14.8 Å². The molecule has 106 valence electrons. The molecule has 1 aromatic carbocycles. The molecule has 0 unspecified atom stereocenters. The maximum absolute atomic E-state index is 5.73. The van der Waals surface area contributed by atoms with Gasteiger partial charge in [0.2, 0.25) is 5.79 Å². The van der Waals surface area contributed by atoms with Crippen molar-refractivity contribution in [2.24, 2.45) is 0 Å². The zero-order valence-corrected chi connectivity index (χ0v) is 12.3. The third-order valence-corrected chi connectivity index (χ3v) is 3.26. The van der Waals surface area contributed by atoms with Crippen molar-refractivity contribution >= 4 is 5.69 Å². The van der Waals surface area contributed by atoms with Crippen LogP contribution in [-0.2, 0) is 0 Å². The summed E-state index contributed by atoms with van der Waals surface area (Å²) in [5.74, 6) is 1.13. The van der Waals surface area contributed by atoms with Gasteiger partial charge >= 0.3 is 0 Å². The normalized spacial score (nSPS) is 15.5. The highest BCUT2D eigenvalue weighted by Crippen LogP contribution is 2.40. The van der Waals surface area contributed by atoms with Crippen molar-refractivity contribution < 1.29 is 9.47 Å². The molecule has 1 aromatic rings. The molecule has 0 fully saturated rings. The van der Waals surface area contributed by atoms with Gasteiger partial charge in [-0.3, -0.25) is 0 Å². The van der Waals surface area contributed by atoms with Gasteiger partial charge in [0.1, 0.15) is 0 Å². The summed E-state index contributed by atoms with van der Waals surface area (Å²) in [7, 11) is 0. The maximum atomic E-state index is 5.73. The number of anilines is 1. The fourth-order valence-corrected chi connectivity index (χ4v) is 2.29. The Morgan fingerprint density at radius 3 is 2.53 bits per heavy atom. The Balaban J connectivity index is 1.77. The van der Waals surface area contributed by atoms with Gasteiger partial charge in [-0.15, -0.1) is 0 Å². The molecule has 0 atom stereocenters. The number of ether oxygens (including phenoxy) is 2. The molecule has 0 aliphatic carbocycles. The summed E-state index contributed by atoms with van der Waals surface area (Å²) in [5.41, 5.74) is 1.11. The van der Waals surface area contributed by atoms with E-state index in [9.17, 15) is 0 Å². The average molecular weight is 263 g/mol. The quantitative estimate of drug-likeness (QED) is 0.731. The van der Waals surface area contributed by atoms with Gasteiger partial charge in [0.05, 0.1) is 0 Å². The van der Waals surface area contributed by atoms with Gasteiger partial charge in [-0.25, -0.2) is 0 Å². The number of rotatable bonds is 7. The van der Waals surface area contributed by atoms with Gasteiger partial charge in [0.15, 0.2) is 11.5 Å². The van der Waals surface area contributed by atoms with Crippen LogP contribution in [0.2, 0.25) is 0 Å². The Morgan fingerprint density at radius 2 is 1.74 bits per heavy atom. The van der Waals surface area contributed by atoms with Crippen molar-refractivity contribution in [3.8, 4) is 11.5 Å². The molecule has 0 radical (unpaired) electrons. The molecule has 0 saturated carbocycles. The van der Waals surface area contributed by atoms with E-state index in [1.54, 1.807) is 0 Å². The summed E-state index contributed by atoms with van der Waals surface area (Å²) in [4.78, 5) is 0. The smallest absolute Gasteiger partial charge is 0.246 e. The van der Waals surface area contributed by atoms with Gasteiger partial charge in [0, 0.05) is 32.1 Å². The molecule has 0 bridgehead atoms. The first-order valence-corrected chi connectivity index (χ1v) is 7.37. The van der Waals surface area contributed by atoms with Gasteiger partial charge in [-0.2, -0.15) is 0 Å². The minimum Gasteiger partial charge on any atom is -0.449 e. The van der Waals surface area contributed by atoms with Crippen LogP contribution in [0.3, 0.4) is 0 Å². The van der Waals surface area contributed by atoms with Crippen LogP contribution in [0.5, 0.6) is 11.5 Å². The van der Waals surface area contributed by atoms with Crippen molar-refractivity contribution in [1.29, 1.82) is 0 Å². The van der Waals surface area contributed by atoms with Gasteiger partial charge in [-0.05, 0) is 18.6 Å². The molecule has 2 rings (SSSR count). The second-order valence-electron chi connectivity index (χ2n) is 5.61. The summed E-state index contributed by atoms with van der Waals surface area (Å²) < 4.78 is 11.4. The zero-order chi connectivity index (χ0) is 13.7. The fourth-order valence-electron chi connectivity index (χ4n) is 2.29. The summed E-state index contributed by atoms with van der Waals surface area (Å²) in [6.07, 6.45) is 6.51. The molecular formula is C16H25NO2. The molecule has 3 nitrogen and oxygen atoms in total. The van der Waals surface area contributed by atoms with Crippen LogP contribution in [0.4, 0.5) is 5.69 Å². The van der Waals surface area contributed by atoms with Gasteiger partial charge in [0.25, 0.3) is 0 Å². The first-order valence-electron chi connectivity index (χ1n) is 7.37. The SMILES string of the molecule is CCCCCCCNc1ccc2c(c1)OC(C)(C)O2. The van der Waals surface area contributed by atoms with Crippen LogP contribution in [0.1, 0.15) is 52.9 Å². The first kappa shape index (κ1) is 14.0. The van der Waals surface area contributed by atoms with Crippen LogP contribution in [0.15, 0.2) is 18.2 Å². The van der Waals surface area contributed by atoms with E-state index in [0.29, 0.717) is 0 Å². The topological polar surface area (TPSA) is 30.5 Å². The zero-order valence-electron chi connectivity index (χ0n) is 12.3. The molecule has 1 heterocycles. The van der Waals surface area contributed by atoms with Gasteiger partial charge in [-0.1, -0.05) is 32.6 Å². The second kappa shape index (κ2) is 6.18. The number of unbranched alkanes of at least 4 members (excludes halogenated alkanes) is 4. The predicted octanol–water partition coefficient (Wildman–Crippen LogP) is 4.58. The molecule has 0 spiro atoms. The first-order chi connectivity index (χ1) is 9.11. The summed E-state index contributed by atoms with van der Waals surface area (Å²) in [5, 5.41) is 3.44. The van der Waals surface area contributed by atoms with Crippen molar-refractivity contribution in [3.05, 3.63) is 18.2 Å². The Kier molecular flexibility index (Phi) is 4.56.